The molecule has 1 heterocycles. The van der Waals surface area contributed by atoms with Crippen molar-refractivity contribution < 1.29 is 4.57 Å². The van der Waals surface area contributed by atoms with E-state index in [9.17, 15) is 0 Å². The Kier molecular flexibility index (Phi) is 6.67. The predicted molar refractivity (Wildman–Crippen MR) is 122 cm³/mol. The van der Waals surface area contributed by atoms with Gasteiger partial charge in [-0.15, -0.1) is 0 Å². The van der Waals surface area contributed by atoms with Crippen LogP contribution in [0.15, 0.2) is 30.5 Å². The summed E-state index contributed by atoms with van der Waals surface area (Å²) in [6.07, 6.45) is 4.73. The van der Waals surface area contributed by atoms with Crippen LogP contribution in [-0.4, -0.2) is 13.3 Å². The normalized spacial score (nSPS) is 12.7. The van der Waals surface area contributed by atoms with Gasteiger partial charge in [-0.25, -0.2) is 0 Å². The first-order valence-corrected chi connectivity index (χ1v) is 17.7. The number of hydrogen-bond acceptors (Lipinski definition) is 0. The van der Waals surface area contributed by atoms with Crippen LogP contribution < -0.4 is 8.96 Å². The van der Waals surface area contributed by atoms with Crippen molar-refractivity contribution in [1.29, 1.82) is 0 Å². The first kappa shape index (κ1) is 22.2. The molecular weight excluding hydrogens is 387 g/mol. The van der Waals surface area contributed by atoms with E-state index >= 15 is 0 Å². The average molecular weight is 427 g/mol. The molecular formula is C25H40GeN+. The predicted octanol–water partition coefficient (Wildman–Crippen LogP) is 5.82. The van der Waals surface area contributed by atoms with Crippen molar-refractivity contribution in [3.05, 3.63) is 47.2 Å². The van der Waals surface area contributed by atoms with E-state index in [1.165, 1.54) is 22.4 Å². The van der Waals surface area contributed by atoms with Crippen molar-refractivity contribution in [2.24, 2.45) is 18.4 Å². The number of aryl methyl sites for hydroxylation is 2. The zero-order chi connectivity index (χ0) is 20.6. The topological polar surface area (TPSA) is 3.88 Å². The van der Waals surface area contributed by atoms with Crippen LogP contribution in [0.4, 0.5) is 0 Å². The summed E-state index contributed by atoms with van der Waals surface area (Å²) in [5, 5.41) is 0. The monoisotopic (exact) mass is 428 g/mol. The molecule has 0 N–H and O–H groups in total. The van der Waals surface area contributed by atoms with Crippen LogP contribution in [0.3, 0.4) is 0 Å². The zero-order valence-electron chi connectivity index (χ0n) is 19.3. The summed E-state index contributed by atoms with van der Waals surface area (Å²) >= 11 is -1.94. The van der Waals surface area contributed by atoms with E-state index in [1.807, 2.05) is 0 Å². The molecule has 0 fully saturated rings. The number of pyridine rings is 1. The summed E-state index contributed by atoms with van der Waals surface area (Å²) in [4.78, 5) is 0. The van der Waals surface area contributed by atoms with Crippen LogP contribution in [0.5, 0.6) is 0 Å². The van der Waals surface area contributed by atoms with Crippen molar-refractivity contribution in [3.63, 3.8) is 0 Å². The van der Waals surface area contributed by atoms with Crippen LogP contribution >= 0.6 is 0 Å². The molecule has 0 aliphatic heterocycles. The molecule has 1 nitrogen and oxygen atoms in total. The molecule has 27 heavy (non-hydrogen) atoms. The molecule has 0 bridgehead atoms. The molecule has 0 atom stereocenters. The summed E-state index contributed by atoms with van der Waals surface area (Å²) in [5.74, 6) is 8.21. The molecule has 1 aromatic carbocycles. The minimum absolute atomic E-state index is 0.300. The van der Waals surface area contributed by atoms with Crippen molar-refractivity contribution in [2.75, 3.05) is 0 Å². The van der Waals surface area contributed by atoms with Gasteiger partial charge in [0.15, 0.2) is 0 Å². The van der Waals surface area contributed by atoms with Crippen molar-refractivity contribution in [1.82, 2.24) is 0 Å². The third-order valence-electron chi connectivity index (χ3n) is 5.11. The van der Waals surface area contributed by atoms with Crippen LogP contribution in [0.1, 0.15) is 51.3 Å². The van der Waals surface area contributed by atoms with Crippen molar-refractivity contribution in [3.8, 4) is 11.3 Å². The molecule has 2 heteroatoms. The van der Waals surface area contributed by atoms with E-state index < -0.39 is 13.3 Å². The van der Waals surface area contributed by atoms with E-state index in [2.05, 4.69) is 101 Å². The molecule has 2 aromatic rings. The summed E-state index contributed by atoms with van der Waals surface area (Å²) in [7, 11) is 2.22. The Morgan fingerprint density at radius 1 is 1.04 bits per heavy atom. The maximum absolute atomic E-state index is 2.51. The first-order valence-electron chi connectivity index (χ1n) is 10.4. The quantitative estimate of drug-likeness (QED) is 0.419. The van der Waals surface area contributed by atoms with E-state index in [0.29, 0.717) is 11.3 Å². The van der Waals surface area contributed by atoms with Gasteiger partial charge in [0.1, 0.15) is 0 Å². The second-order valence-electron chi connectivity index (χ2n) is 10.9. The fourth-order valence-corrected chi connectivity index (χ4v) is 7.47. The minimum atomic E-state index is -1.94. The number of nitrogens with zero attached hydrogens (tertiary/aromatic N) is 1. The van der Waals surface area contributed by atoms with E-state index in [0.717, 1.165) is 12.8 Å². The molecule has 0 saturated heterocycles. The fourth-order valence-electron chi connectivity index (χ4n) is 3.89. The van der Waals surface area contributed by atoms with Crippen molar-refractivity contribution >= 4 is 17.7 Å². The average Bonchev–Trinajstić information content (AvgIpc) is 2.48. The molecule has 0 aliphatic carbocycles. The maximum atomic E-state index is 2.51. The van der Waals surface area contributed by atoms with Gasteiger partial charge >= 0.3 is 171 Å². The van der Waals surface area contributed by atoms with E-state index in [4.69, 9.17) is 0 Å². The number of benzene rings is 1. The van der Waals surface area contributed by atoms with Gasteiger partial charge in [-0.1, -0.05) is 0 Å². The molecule has 0 spiro atoms. The summed E-state index contributed by atoms with van der Waals surface area (Å²) in [6, 6.07) is 9.52. The van der Waals surface area contributed by atoms with Gasteiger partial charge in [0, 0.05) is 0 Å². The Bertz CT molecular complexity index is 804. The van der Waals surface area contributed by atoms with E-state index in [1.54, 1.807) is 9.96 Å². The van der Waals surface area contributed by atoms with Gasteiger partial charge in [-0.2, -0.15) is 0 Å². The van der Waals surface area contributed by atoms with Crippen LogP contribution in [0.25, 0.3) is 11.3 Å². The van der Waals surface area contributed by atoms with Crippen LogP contribution in [-0.2, 0) is 19.9 Å². The standard InChI is InChI=1S/C25H40GeN/c1-18(2)13-20-12-11-19(3)22(14-20)24-15-21(16-25(4,5)6)23(17-27(24)10)26(7,8)9/h11-12,14-15,17-18H,13,16H2,1-10H3/q+1. The third-order valence-corrected chi connectivity index (χ3v) is 9.45. The number of rotatable bonds is 5. The van der Waals surface area contributed by atoms with Crippen LogP contribution in [0.2, 0.25) is 17.3 Å². The van der Waals surface area contributed by atoms with Gasteiger partial charge < -0.3 is 0 Å². The Morgan fingerprint density at radius 3 is 2.19 bits per heavy atom. The summed E-state index contributed by atoms with van der Waals surface area (Å²) in [6.45, 7) is 13.9. The van der Waals surface area contributed by atoms with E-state index in [-0.39, 0.29) is 0 Å². The van der Waals surface area contributed by atoms with Gasteiger partial charge in [0.05, 0.1) is 0 Å². The summed E-state index contributed by atoms with van der Waals surface area (Å²) < 4.78 is 4.02. The molecule has 1 aromatic heterocycles. The Balaban J connectivity index is 2.66. The third kappa shape index (κ3) is 5.94. The van der Waals surface area contributed by atoms with Gasteiger partial charge in [0.25, 0.3) is 0 Å². The molecule has 0 aliphatic rings. The zero-order valence-corrected chi connectivity index (χ0v) is 21.4. The molecule has 0 amide bonds. The molecule has 0 saturated carbocycles. The van der Waals surface area contributed by atoms with Gasteiger partial charge in [0.2, 0.25) is 0 Å². The van der Waals surface area contributed by atoms with Gasteiger partial charge in [-0.3, -0.25) is 0 Å². The molecule has 2 rings (SSSR count). The van der Waals surface area contributed by atoms with Gasteiger partial charge in [-0.05, 0) is 0 Å². The number of hydrogen-bond donors (Lipinski definition) is 0. The molecule has 148 valence electrons. The second-order valence-corrected chi connectivity index (χ2v) is 21.5. The summed E-state index contributed by atoms with van der Waals surface area (Å²) in [5.41, 5.74) is 7.42. The first-order chi connectivity index (χ1) is 12.3. The van der Waals surface area contributed by atoms with Crippen LogP contribution in [0, 0.1) is 18.3 Å². The fraction of sp³-hybridized carbons (Fsp3) is 0.560. The number of aromatic nitrogens is 1. The Labute approximate surface area is 170 Å². The molecule has 0 unspecified atom stereocenters. The van der Waals surface area contributed by atoms with Crippen molar-refractivity contribution in [2.45, 2.75) is 71.7 Å². The Hall–Kier alpha value is -1.09. The SMILES string of the molecule is Cc1ccc(CC(C)C)cc1-c1cc(CC(C)(C)C)[c]([Ge]([CH3])([CH3])[CH3])c[n+]1C. The second kappa shape index (κ2) is 8.11. The molecule has 0 radical (unpaired) electrons. The Morgan fingerprint density at radius 2 is 1.67 bits per heavy atom.